The Morgan fingerprint density at radius 3 is 2.42 bits per heavy atom. The minimum absolute atomic E-state index is 0.0205. The van der Waals surface area contributed by atoms with Crippen molar-refractivity contribution in [3.8, 4) is 0 Å². The van der Waals surface area contributed by atoms with Crippen molar-refractivity contribution in [3.63, 3.8) is 0 Å². The molecule has 0 saturated heterocycles. The summed E-state index contributed by atoms with van der Waals surface area (Å²) in [4.78, 5) is 9.24. The molecule has 0 atom stereocenters. The SMILES string of the molecule is O=[N+]([O-])CCNCCS(=O)(=O)O. The first kappa shape index (κ1) is 11.3. The van der Waals surface area contributed by atoms with Crippen molar-refractivity contribution in [3.05, 3.63) is 10.1 Å². The third kappa shape index (κ3) is 9.27. The smallest absolute Gasteiger partial charge is 0.266 e. The van der Waals surface area contributed by atoms with Crippen LogP contribution in [0.5, 0.6) is 0 Å². The van der Waals surface area contributed by atoms with Crippen molar-refractivity contribution in [2.45, 2.75) is 0 Å². The Bertz CT molecular complexity index is 236. The maximum atomic E-state index is 10.1. The van der Waals surface area contributed by atoms with Gasteiger partial charge in [0.15, 0.2) is 0 Å². The van der Waals surface area contributed by atoms with Crippen LogP contribution in [-0.4, -0.2) is 43.3 Å². The van der Waals surface area contributed by atoms with Crippen LogP contribution in [0.25, 0.3) is 0 Å². The van der Waals surface area contributed by atoms with Crippen molar-refractivity contribution in [2.75, 3.05) is 25.4 Å². The maximum Gasteiger partial charge on any atom is 0.266 e. The molecule has 0 rings (SSSR count). The third-order valence-electron chi connectivity index (χ3n) is 1.01. The van der Waals surface area contributed by atoms with Crippen molar-refractivity contribution in [2.24, 2.45) is 0 Å². The van der Waals surface area contributed by atoms with E-state index in [1.807, 2.05) is 0 Å². The normalized spacial score (nSPS) is 11.4. The zero-order valence-corrected chi connectivity index (χ0v) is 7.08. The van der Waals surface area contributed by atoms with E-state index in [0.717, 1.165) is 0 Å². The van der Waals surface area contributed by atoms with Gasteiger partial charge >= 0.3 is 0 Å². The zero-order chi connectivity index (χ0) is 9.61. The highest BCUT2D eigenvalue weighted by atomic mass is 32.2. The molecule has 0 saturated carbocycles. The summed E-state index contributed by atoms with van der Waals surface area (Å²) in [5.74, 6) is -0.426. The largest absolute Gasteiger partial charge is 0.310 e. The molecule has 0 bridgehead atoms. The molecule has 7 nitrogen and oxygen atoms in total. The lowest BCUT2D eigenvalue weighted by atomic mass is 10.6. The minimum atomic E-state index is -3.96. The van der Waals surface area contributed by atoms with Gasteiger partial charge in [-0.2, -0.15) is 8.42 Å². The molecule has 0 heterocycles. The number of hydrogen-bond acceptors (Lipinski definition) is 5. The summed E-state index contributed by atoms with van der Waals surface area (Å²) in [5, 5.41) is 12.2. The summed E-state index contributed by atoms with van der Waals surface area (Å²) >= 11 is 0. The molecule has 72 valence electrons. The van der Waals surface area contributed by atoms with Gasteiger partial charge in [0.05, 0.1) is 12.3 Å². The van der Waals surface area contributed by atoms with Crippen LogP contribution in [0.4, 0.5) is 0 Å². The molecule has 0 amide bonds. The Kier molecular flexibility index (Phi) is 4.71. The van der Waals surface area contributed by atoms with E-state index in [4.69, 9.17) is 4.55 Å². The summed E-state index contributed by atoms with van der Waals surface area (Å²) in [5.41, 5.74) is 0. The first-order valence-electron chi connectivity index (χ1n) is 3.19. The van der Waals surface area contributed by atoms with Gasteiger partial charge in [-0.25, -0.2) is 0 Å². The number of nitrogens with zero attached hydrogens (tertiary/aromatic N) is 1. The van der Waals surface area contributed by atoms with Crippen LogP contribution in [0.3, 0.4) is 0 Å². The molecule has 0 aromatic rings. The minimum Gasteiger partial charge on any atom is -0.310 e. The van der Waals surface area contributed by atoms with E-state index in [2.05, 4.69) is 5.32 Å². The molecule has 2 N–H and O–H groups in total. The van der Waals surface area contributed by atoms with Crippen LogP contribution in [-0.2, 0) is 10.1 Å². The summed E-state index contributed by atoms with van der Waals surface area (Å²) in [6.07, 6.45) is 0. The number of rotatable bonds is 6. The van der Waals surface area contributed by atoms with E-state index < -0.39 is 20.8 Å². The lowest BCUT2D eigenvalue weighted by molar-refractivity contribution is -0.477. The van der Waals surface area contributed by atoms with E-state index in [9.17, 15) is 18.5 Å². The summed E-state index contributed by atoms with van der Waals surface area (Å²) in [6.45, 7) is -0.138. The standard InChI is InChI=1S/C4H10N2O5S/c7-6(8)3-1-5-2-4-12(9,10)11/h5H,1-4H2,(H,9,10,11). The summed E-state index contributed by atoms with van der Waals surface area (Å²) < 4.78 is 28.4. The third-order valence-corrected chi connectivity index (χ3v) is 1.73. The van der Waals surface area contributed by atoms with Crippen molar-refractivity contribution >= 4 is 10.1 Å². The van der Waals surface area contributed by atoms with Gasteiger partial charge in [-0.15, -0.1) is 0 Å². The van der Waals surface area contributed by atoms with Crippen LogP contribution in [0.2, 0.25) is 0 Å². The van der Waals surface area contributed by atoms with Gasteiger partial charge < -0.3 is 5.32 Å². The fraction of sp³-hybridized carbons (Fsp3) is 1.00. The van der Waals surface area contributed by atoms with Crippen LogP contribution in [0, 0.1) is 10.1 Å². The van der Waals surface area contributed by atoms with E-state index in [1.54, 1.807) is 0 Å². The Balaban J connectivity index is 3.29. The Morgan fingerprint density at radius 2 is 2.00 bits per heavy atom. The average molecular weight is 198 g/mol. The molecule has 0 aromatic carbocycles. The number of hydrogen-bond donors (Lipinski definition) is 2. The Hall–Kier alpha value is -0.730. The molecular formula is C4H10N2O5S. The van der Waals surface area contributed by atoms with Crippen molar-refractivity contribution < 1.29 is 17.9 Å². The molecule has 0 aliphatic heterocycles. The Morgan fingerprint density at radius 1 is 1.42 bits per heavy atom. The van der Waals surface area contributed by atoms with Gasteiger partial charge in [0.2, 0.25) is 6.54 Å². The number of nitrogens with one attached hydrogen (secondary N) is 1. The first-order chi connectivity index (χ1) is 5.42. The molecule has 0 aliphatic carbocycles. The second kappa shape index (κ2) is 5.01. The van der Waals surface area contributed by atoms with Crippen molar-refractivity contribution in [1.82, 2.24) is 5.32 Å². The van der Waals surface area contributed by atoms with Gasteiger partial charge in [-0.1, -0.05) is 0 Å². The highest BCUT2D eigenvalue weighted by Gasteiger charge is 2.03. The predicted octanol–water partition coefficient (Wildman–Crippen LogP) is -1.26. The lowest BCUT2D eigenvalue weighted by Crippen LogP contribution is -2.27. The fourth-order valence-corrected chi connectivity index (χ4v) is 0.899. The van der Waals surface area contributed by atoms with Gasteiger partial charge in [0.1, 0.15) is 0 Å². The molecule has 0 radical (unpaired) electrons. The van der Waals surface area contributed by atoms with Crippen LogP contribution >= 0.6 is 0 Å². The van der Waals surface area contributed by atoms with E-state index >= 15 is 0 Å². The quantitative estimate of drug-likeness (QED) is 0.238. The maximum absolute atomic E-state index is 10.1. The molecule has 0 aromatic heterocycles. The van der Waals surface area contributed by atoms with Crippen LogP contribution < -0.4 is 5.32 Å². The second-order valence-corrected chi connectivity index (χ2v) is 3.66. The Labute approximate surface area is 69.7 Å². The molecule has 8 heteroatoms. The lowest BCUT2D eigenvalue weighted by Gasteiger charge is -1.98. The fourth-order valence-electron chi connectivity index (χ4n) is 0.496. The summed E-state index contributed by atoms with van der Waals surface area (Å²) in [7, 11) is -3.96. The topological polar surface area (TPSA) is 110 Å². The zero-order valence-electron chi connectivity index (χ0n) is 6.26. The molecule has 0 aliphatic rings. The first-order valence-corrected chi connectivity index (χ1v) is 4.80. The van der Waals surface area contributed by atoms with Crippen LogP contribution in [0.1, 0.15) is 0 Å². The van der Waals surface area contributed by atoms with Gasteiger partial charge in [-0.05, 0) is 0 Å². The van der Waals surface area contributed by atoms with Gasteiger partial charge in [-0.3, -0.25) is 14.7 Å². The highest BCUT2D eigenvalue weighted by Crippen LogP contribution is 1.78. The van der Waals surface area contributed by atoms with Gasteiger partial charge in [0.25, 0.3) is 10.1 Å². The molecule has 0 spiro atoms. The van der Waals surface area contributed by atoms with Crippen molar-refractivity contribution in [1.29, 1.82) is 0 Å². The predicted molar refractivity (Wildman–Crippen MR) is 41.1 cm³/mol. The molecular weight excluding hydrogens is 188 g/mol. The highest BCUT2D eigenvalue weighted by molar-refractivity contribution is 7.85. The monoisotopic (exact) mass is 198 g/mol. The van der Waals surface area contributed by atoms with E-state index in [0.29, 0.717) is 0 Å². The second-order valence-electron chi connectivity index (χ2n) is 2.09. The molecule has 0 fully saturated rings. The number of nitro groups is 1. The molecule has 0 unspecified atom stereocenters. The van der Waals surface area contributed by atoms with E-state index in [-0.39, 0.29) is 19.6 Å². The average Bonchev–Trinajstić information content (AvgIpc) is 1.83. The van der Waals surface area contributed by atoms with Gasteiger partial charge in [0, 0.05) is 11.5 Å². The van der Waals surface area contributed by atoms with Crippen LogP contribution in [0.15, 0.2) is 0 Å². The molecule has 12 heavy (non-hydrogen) atoms. The van der Waals surface area contributed by atoms with E-state index in [1.165, 1.54) is 0 Å². The summed E-state index contributed by atoms with van der Waals surface area (Å²) in [6, 6.07) is 0.